The van der Waals surface area contributed by atoms with Crippen molar-refractivity contribution >= 4 is 23.7 Å². The van der Waals surface area contributed by atoms with Crippen LogP contribution in [-0.4, -0.2) is 54.1 Å². The summed E-state index contributed by atoms with van der Waals surface area (Å²) >= 11 is 0. The predicted octanol–water partition coefficient (Wildman–Crippen LogP) is -0.407. The normalized spacial score (nSPS) is 12.0. The Labute approximate surface area is 145 Å². The van der Waals surface area contributed by atoms with E-state index >= 15 is 0 Å². The van der Waals surface area contributed by atoms with Crippen LogP contribution in [-0.2, 0) is 25.6 Å². The minimum absolute atomic E-state index is 0.231. The molecule has 0 unspecified atom stereocenters. The first-order valence-corrected chi connectivity index (χ1v) is 7.27. The van der Waals surface area contributed by atoms with Crippen molar-refractivity contribution in [1.82, 2.24) is 16.0 Å². The third kappa shape index (κ3) is 7.64. The summed E-state index contributed by atoms with van der Waals surface area (Å²) < 4.78 is 37.3. The highest BCUT2D eigenvalue weighted by molar-refractivity contribution is 5.92. The van der Waals surface area contributed by atoms with Crippen LogP contribution in [0.15, 0.2) is 30.3 Å². The zero-order valence-corrected chi connectivity index (χ0v) is 13.3. The number of halogens is 3. The van der Waals surface area contributed by atoms with Gasteiger partial charge < -0.3 is 21.1 Å². The average molecular weight is 375 g/mol. The van der Waals surface area contributed by atoms with Gasteiger partial charge in [0.15, 0.2) is 0 Å². The number of benzene rings is 1. The molecule has 11 heteroatoms. The second-order valence-corrected chi connectivity index (χ2v) is 5.10. The van der Waals surface area contributed by atoms with Gasteiger partial charge in [0, 0.05) is 6.42 Å². The van der Waals surface area contributed by atoms with Crippen LogP contribution in [0.1, 0.15) is 5.56 Å². The van der Waals surface area contributed by atoms with Gasteiger partial charge in [-0.1, -0.05) is 30.3 Å². The molecule has 0 bridgehead atoms. The maximum absolute atomic E-state index is 12.4. The Balaban J connectivity index is 2.73. The average Bonchev–Trinajstić information content (AvgIpc) is 2.57. The van der Waals surface area contributed by atoms with Crippen LogP contribution >= 0.6 is 0 Å². The Bertz CT molecular complexity index is 664. The van der Waals surface area contributed by atoms with E-state index in [-0.39, 0.29) is 6.42 Å². The largest absolute Gasteiger partial charge is 0.480 e. The molecule has 1 rings (SSSR count). The van der Waals surface area contributed by atoms with Crippen molar-refractivity contribution in [2.75, 3.05) is 13.1 Å². The molecule has 0 radical (unpaired) electrons. The number of hydrogen-bond donors (Lipinski definition) is 4. The SMILES string of the molecule is O=C(O)CNC(=O)CNC(=O)[C@H](Cc1ccccc1)NC(=O)C(F)(F)F. The van der Waals surface area contributed by atoms with Crippen LogP contribution in [0.4, 0.5) is 13.2 Å². The van der Waals surface area contributed by atoms with E-state index < -0.39 is 49.0 Å². The summed E-state index contributed by atoms with van der Waals surface area (Å²) in [6.07, 6.45) is -5.40. The number of aliphatic carboxylic acids is 1. The Morgan fingerprint density at radius 1 is 1.00 bits per heavy atom. The van der Waals surface area contributed by atoms with Crippen LogP contribution in [0, 0.1) is 0 Å². The van der Waals surface area contributed by atoms with E-state index in [0.29, 0.717) is 5.56 Å². The lowest BCUT2D eigenvalue weighted by Gasteiger charge is -2.19. The molecule has 0 saturated heterocycles. The smallest absolute Gasteiger partial charge is 0.471 e. The summed E-state index contributed by atoms with van der Waals surface area (Å²) in [6.45, 7) is -1.33. The molecule has 1 aromatic rings. The Kier molecular flexibility index (Phi) is 7.56. The maximum atomic E-state index is 12.4. The molecule has 0 heterocycles. The lowest BCUT2D eigenvalue weighted by atomic mass is 10.1. The zero-order valence-electron chi connectivity index (χ0n) is 13.3. The van der Waals surface area contributed by atoms with E-state index in [0.717, 1.165) is 0 Å². The van der Waals surface area contributed by atoms with Gasteiger partial charge >= 0.3 is 18.1 Å². The van der Waals surface area contributed by atoms with Gasteiger partial charge in [0.05, 0.1) is 6.54 Å². The van der Waals surface area contributed by atoms with E-state index in [1.807, 2.05) is 5.32 Å². The zero-order chi connectivity index (χ0) is 19.7. The summed E-state index contributed by atoms with van der Waals surface area (Å²) in [7, 11) is 0. The number of nitrogens with one attached hydrogen (secondary N) is 3. The second kappa shape index (κ2) is 9.39. The molecule has 0 spiro atoms. The summed E-state index contributed by atoms with van der Waals surface area (Å²) in [5, 5.41) is 14.0. The molecule has 4 N–H and O–H groups in total. The maximum Gasteiger partial charge on any atom is 0.471 e. The quantitative estimate of drug-likeness (QED) is 0.492. The molecular formula is C15H16F3N3O5. The van der Waals surface area contributed by atoms with Gasteiger partial charge in [-0.15, -0.1) is 0 Å². The second-order valence-electron chi connectivity index (χ2n) is 5.10. The molecule has 0 saturated carbocycles. The number of hydrogen-bond acceptors (Lipinski definition) is 4. The minimum atomic E-state index is -5.17. The van der Waals surface area contributed by atoms with Crippen LogP contribution in [0.2, 0.25) is 0 Å². The number of carboxylic acids is 1. The van der Waals surface area contributed by atoms with Gasteiger partial charge in [-0.2, -0.15) is 13.2 Å². The fourth-order valence-electron chi connectivity index (χ4n) is 1.83. The molecule has 8 nitrogen and oxygen atoms in total. The molecular weight excluding hydrogens is 359 g/mol. The van der Waals surface area contributed by atoms with Crippen LogP contribution in [0.25, 0.3) is 0 Å². The van der Waals surface area contributed by atoms with Crippen molar-refractivity contribution in [3.8, 4) is 0 Å². The van der Waals surface area contributed by atoms with E-state index in [2.05, 4.69) is 5.32 Å². The highest BCUT2D eigenvalue weighted by atomic mass is 19.4. The van der Waals surface area contributed by atoms with Gasteiger partial charge in [0.1, 0.15) is 12.6 Å². The molecule has 1 aromatic carbocycles. The number of alkyl halides is 3. The van der Waals surface area contributed by atoms with E-state index in [1.54, 1.807) is 35.6 Å². The summed E-state index contributed by atoms with van der Waals surface area (Å²) in [4.78, 5) is 44.9. The summed E-state index contributed by atoms with van der Waals surface area (Å²) in [5.74, 6) is -5.45. The van der Waals surface area contributed by atoms with Crippen molar-refractivity contribution in [3.63, 3.8) is 0 Å². The fraction of sp³-hybridized carbons (Fsp3) is 0.333. The first kappa shape index (κ1) is 20.9. The van der Waals surface area contributed by atoms with Gasteiger partial charge in [-0.05, 0) is 5.56 Å². The van der Waals surface area contributed by atoms with Crippen LogP contribution < -0.4 is 16.0 Å². The molecule has 3 amide bonds. The predicted molar refractivity (Wildman–Crippen MR) is 81.8 cm³/mol. The van der Waals surface area contributed by atoms with E-state index in [1.165, 1.54) is 0 Å². The molecule has 1 atom stereocenters. The first-order chi connectivity index (χ1) is 12.1. The highest BCUT2D eigenvalue weighted by Crippen LogP contribution is 2.15. The number of amides is 3. The summed E-state index contributed by atoms with van der Waals surface area (Å²) in [6, 6.07) is 6.42. The third-order valence-corrected chi connectivity index (χ3v) is 3.02. The third-order valence-electron chi connectivity index (χ3n) is 3.02. The minimum Gasteiger partial charge on any atom is -0.480 e. The van der Waals surface area contributed by atoms with E-state index in [9.17, 15) is 32.3 Å². The van der Waals surface area contributed by atoms with Crippen molar-refractivity contribution in [3.05, 3.63) is 35.9 Å². The Hall–Kier alpha value is -3.11. The number of rotatable bonds is 8. The number of carboxylic acid groups (broad SMARTS) is 1. The van der Waals surface area contributed by atoms with Gasteiger partial charge in [0.2, 0.25) is 11.8 Å². The van der Waals surface area contributed by atoms with E-state index in [4.69, 9.17) is 5.11 Å². The Morgan fingerprint density at radius 2 is 1.62 bits per heavy atom. The molecule has 142 valence electrons. The Morgan fingerprint density at radius 3 is 2.15 bits per heavy atom. The standard InChI is InChI=1S/C15H16F3N3O5/c16-15(17,18)14(26)21-10(6-9-4-2-1-3-5-9)13(25)20-7-11(22)19-8-12(23)24/h1-5,10H,6-8H2,(H,19,22)(H,20,25)(H,21,26)(H,23,24)/t10-/m0/s1. The molecule has 0 aliphatic carbocycles. The van der Waals surface area contributed by atoms with Gasteiger partial charge in [0.25, 0.3) is 0 Å². The molecule has 0 aliphatic heterocycles. The van der Waals surface area contributed by atoms with Crippen molar-refractivity contribution in [2.45, 2.75) is 18.6 Å². The summed E-state index contributed by atoms with van der Waals surface area (Å²) in [5.41, 5.74) is 0.491. The molecule has 0 fully saturated rings. The fourth-order valence-corrected chi connectivity index (χ4v) is 1.83. The topological polar surface area (TPSA) is 125 Å². The van der Waals surface area contributed by atoms with Crippen molar-refractivity contribution in [1.29, 1.82) is 0 Å². The molecule has 26 heavy (non-hydrogen) atoms. The van der Waals surface area contributed by atoms with Crippen LogP contribution in [0.3, 0.4) is 0 Å². The number of carbonyl (C=O) groups excluding carboxylic acids is 3. The van der Waals surface area contributed by atoms with Crippen molar-refractivity contribution < 1.29 is 37.5 Å². The molecule has 0 aliphatic rings. The number of carbonyl (C=O) groups is 4. The van der Waals surface area contributed by atoms with Gasteiger partial charge in [-0.25, -0.2) is 0 Å². The van der Waals surface area contributed by atoms with Gasteiger partial charge in [-0.3, -0.25) is 19.2 Å². The monoisotopic (exact) mass is 375 g/mol. The first-order valence-electron chi connectivity index (χ1n) is 7.27. The van der Waals surface area contributed by atoms with Crippen LogP contribution in [0.5, 0.6) is 0 Å². The lowest BCUT2D eigenvalue weighted by Crippen LogP contribution is -2.53. The lowest BCUT2D eigenvalue weighted by molar-refractivity contribution is -0.174. The van der Waals surface area contributed by atoms with Crippen molar-refractivity contribution in [2.24, 2.45) is 0 Å². The molecule has 0 aromatic heterocycles. The highest BCUT2D eigenvalue weighted by Gasteiger charge is 2.40.